The molecule has 0 radical (unpaired) electrons. The Kier molecular flexibility index (Phi) is 5.18. The lowest BCUT2D eigenvalue weighted by Crippen LogP contribution is -2.25. The van der Waals surface area contributed by atoms with Crippen LogP contribution in [0.5, 0.6) is 0 Å². The molecule has 0 fully saturated rings. The fraction of sp³-hybridized carbons (Fsp3) is 0.500. The third-order valence-corrected chi connectivity index (χ3v) is 2.32. The molecule has 112 valence electrons. The summed E-state index contributed by atoms with van der Waals surface area (Å²) in [6.07, 6.45) is -4.09. The predicted molar refractivity (Wildman–Crippen MR) is 68.4 cm³/mol. The average Bonchev–Trinajstić information content (AvgIpc) is 2.29. The van der Waals surface area contributed by atoms with Crippen LogP contribution >= 0.6 is 0 Å². The summed E-state index contributed by atoms with van der Waals surface area (Å²) in [4.78, 5) is 15.6. The topological polar surface area (TPSA) is 77.2 Å². The Morgan fingerprint density at radius 2 is 2.20 bits per heavy atom. The second kappa shape index (κ2) is 6.44. The Hall–Kier alpha value is -1.99. The minimum Gasteiger partial charge on any atom is -0.462 e. The van der Waals surface area contributed by atoms with Gasteiger partial charge >= 0.3 is 12.1 Å². The molecule has 1 heterocycles. The Morgan fingerprint density at radius 3 is 2.75 bits per heavy atom. The van der Waals surface area contributed by atoms with Crippen molar-refractivity contribution in [3.63, 3.8) is 0 Å². The zero-order chi connectivity index (χ0) is 15.3. The molecule has 0 aliphatic rings. The predicted octanol–water partition coefficient (Wildman–Crippen LogP) is 2.59. The maximum Gasteiger partial charge on any atom is 0.391 e. The molecule has 0 aliphatic carbocycles. The first-order valence-corrected chi connectivity index (χ1v) is 5.99. The van der Waals surface area contributed by atoms with Gasteiger partial charge in [-0.2, -0.15) is 13.2 Å². The molecule has 1 atom stereocenters. The van der Waals surface area contributed by atoms with E-state index in [-0.39, 0.29) is 23.7 Å². The molecule has 0 saturated heterocycles. The highest BCUT2D eigenvalue weighted by atomic mass is 19.4. The number of anilines is 2. The van der Waals surface area contributed by atoms with E-state index in [9.17, 15) is 18.0 Å². The van der Waals surface area contributed by atoms with Gasteiger partial charge in [0.2, 0.25) is 0 Å². The van der Waals surface area contributed by atoms with Gasteiger partial charge in [0.25, 0.3) is 0 Å². The molecule has 0 amide bonds. The van der Waals surface area contributed by atoms with Gasteiger partial charge in [0, 0.05) is 6.04 Å². The maximum atomic E-state index is 12.3. The molecule has 3 N–H and O–H groups in total. The number of nitrogens with two attached hydrogens (primary N) is 1. The highest BCUT2D eigenvalue weighted by Gasteiger charge is 2.30. The number of carbonyl (C=O) groups excluding carboxylic acids is 1. The summed E-state index contributed by atoms with van der Waals surface area (Å²) >= 11 is 0. The minimum atomic E-state index is -4.30. The number of pyridine rings is 1. The zero-order valence-electron chi connectivity index (χ0n) is 11.1. The van der Waals surface area contributed by atoms with E-state index in [0.717, 1.165) is 0 Å². The Bertz CT molecular complexity index is 478. The third kappa shape index (κ3) is 4.94. The molecule has 0 spiro atoms. The van der Waals surface area contributed by atoms with Crippen molar-refractivity contribution in [3.05, 3.63) is 17.8 Å². The summed E-state index contributed by atoms with van der Waals surface area (Å²) in [7, 11) is 0. The SMILES string of the molecule is CCOC(=O)c1cc(N)cnc1NC(C)CC(F)(F)F. The van der Waals surface area contributed by atoms with Crippen LogP contribution in [0.1, 0.15) is 30.6 Å². The van der Waals surface area contributed by atoms with Gasteiger partial charge in [0.15, 0.2) is 0 Å². The van der Waals surface area contributed by atoms with Crippen molar-refractivity contribution in [2.45, 2.75) is 32.5 Å². The number of rotatable bonds is 5. The summed E-state index contributed by atoms with van der Waals surface area (Å²) in [5.41, 5.74) is 5.75. The van der Waals surface area contributed by atoms with Crippen LogP contribution in [0.25, 0.3) is 0 Å². The van der Waals surface area contributed by atoms with Gasteiger partial charge in [0.05, 0.1) is 24.9 Å². The summed E-state index contributed by atoms with van der Waals surface area (Å²) < 4.78 is 41.7. The van der Waals surface area contributed by atoms with E-state index >= 15 is 0 Å². The molecule has 0 aromatic carbocycles. The molecule has 0 bridgehead atoms. The molecule has 1 aromatic rings. The second-order valence-corrected chi connectivity index (χ2v) is 4.25. The largest absolute Gasteiger partial charge is 0.462 e. The van der Waals surface area contributed by atoms with E-state index in [2.05, 4.69) is 10.3 Å². The first-order valence-electron chi connectivity index (χ1n) is 5.99. The number of nitrogens with zero attached hydrogens (tertiary/aromatic N) is 1. The van der Waals surface area contributed by atoms with Gasteiger partial charge < -0.3 is 15.8 Å². The van der Waals surface area contributed by atoms with Gasteiger partial charge in [0.1, 0.15) is 11.4 Å². The number of nitrogens with one attached hydrogen (secondary N) is 1. The molecule has 1 unspecified atom stereocenters. The number of carbonyl (C=O) groups is 1. The first-order chi connectivity index (χ1) is 9.23. The Labute approximate surface area is 114 Å². The standard InChI is InChI=1S/C12H16F3N3O2/c1-3-20-11(19)9-4-8(16)6-17-10(9)18-7(2)5-12(13,14)15/h4,6-7H,3,5,16H2,1-2H3,(H,17,18). The highest BCUT2D eigenvalue weighted by molar-refractivity contribution is 5.95. The van der Waals surface area contributed by atoms with Crippen molar-refractivity contribution in [1.29, 1.82) is 0 Å². The summed E-state index contributed by atoms with van der Waals surface area (Å²) in [5.74, 6) is -0.664. The van der Waals surface area contributed by atoms with Crippen molar-refractivity contribution >= 4 is 17.5 Å². The molecule has 1 rings (SSSR count). The molecule has 20 heavy (non-hydrogen) atoms. The van der Waals surface area contributed by atoms with E-state index in [1.165, 1.54) is 19.2 Å². The average molecular weight is 291 g/mol. The highest BCUT2D eigenvalue weighted by Crippen LogP contribution is 2.24. The van der Waals surface area contributed by atoms with Gasteiger partial charge in [-0.15, -0.1) is 0 Å². The lowest BCUT2D eigenvalue weighted by atomic mass is 10.2. The summed E-state index contributed by atoms with van der Waals surface area (Å²) in [6.45, 7) is 3.11. The van der Waals surface area contributed by atoms with E-state index in [4.69, 9.17) is 10.5 Å². The molecule has 5 nitrogen and oxygen atoms in total. The van der Waals surface area contributed by atoms with Gasteiger partial charge in [-0.25, -0.2) is 9.78 Å². The number of alkyl halides is 3. The fourth-order valence-corrected chi connectivity index (χ4v) is 1.59. The molecular formula is C12H16F3N3O2. The Morgan fingerprint density at radius 1 is 1.55 bits per heavy atom. The molecule has 0 aliphatic heterocycles. The van der Waals surface area contributed by atoms with Crippen molar-refractivity contribution < 1.29 is 22.7 Å². The zero-order valence-corrected chi connectivity index (χ0v) is 11.1. The monoisotopic (exact) mass is 291 g/mol. The number of hydrogen-bond acceptors (Lipinski definition) is 5. The lowest BCUT2D eigenvalue weighted by Gasteiger charge is -2.18. The Balaban J connectivity index is 2.91. The smallest absolute Gasteiger partial charge is 0.391 e. The number of hydrogen-bond donors (Lipinski definition) is 2. The van der Waals surface area contributed by atoms with E-state index in [1.807, 2.05) is 0 Å². The quantitative estimate of drug-likeness (QED) is 0.815. The van der Waals surface area contributed by atoms with Crippen molar-refractivity contribution in [2.75, 3.05) is 17.7 Å². The van der Waals surface area contributed by atoms with Crippen LogP contribution in [0.4, 0.5) is 24.7 Å². The number of halogens is 3. The van der Waals surface area contributed by atoms with Crippen molar-refractivity contribution in [3.8, 4) is 0 Å². The van der Waals surface area contributed by atoms with Crippen molar-refractivity contribution in [2.24, 2.45) is 0 Å². The van der Waals surface area contributed by atoms with E-state index < -0.39 is 24.6 Å². The van der Waals surface area contributed by atoms with Crippen LogP contribution in [0, 0.1) is 0 Å². The molecule has 0 saturated carbocycles. The maximum absolute atomic E-state index is 12.3. The van der Waals surface area contributed by atoms with Gasteiger partial charge in [-0.05, 0) is 19.9 Å². The van der Waals surface area contributed by atoms with Crippen LogP contribution in [-0.4, -0.2) is 29.8 Å². The van der Waals surface area contributed by atoms with Gasteiger partial charge in [-0.1, -0.05) is 0 Å². The number of ether oxygens (including phenoxy) is 1. The normalized spacial score (nSPS) is 12.8. The van der Waals surface area contributed by atoms with Crippen LogP contribution < -0.4 is 11.1 Å². The van der Waals surface area contributed by atoms with Crippen molar-refractivity contribution in [1.82, 2.24) is 4.98 Å². The molecule has 8 heteroatoms. The summed E-state index contributed by atoms with van der Waals surface area (Å²) in [6, 6.07) is 0.382. The van der Waals surface area contributed by atoms with Crippen LogP contribution in [0.15, 0.2) is 12.3 Å². The second-order valence-electron chi connectivity index (χ2n) is 4.25. The lowest BCUT2D eigenvalue weighted by molar-refractivity contribution is -0.136. The van der Waals surface area contributed by atoms with Crippen LogP contribution in [-0.2, 0) is 4.74 Å². The molecule has 1 aromatic heterocycles. The number of esters is 1. The van der Waals surface area contributed by atoms with E-state index in [1.54, 1.807) is 6.92 Å². The number of nitrogen functional groups attached to an aromatic ring is 1. The third-order valence-electron chi connectivity index (χ3n) is 2.32. The first kappa shape index (κ1) is 16.1. The number of aromatic nitrogens is 1. The summed E-state index contributed by atoms with van der Waals surface area (Å²) in [5, 5.41) is 2.55. The van der Waals surface area contributed by atoms with Crippen LogP contribution in [0.2, 0.25) is 0 Å². The minimum absolute atomic E-state index is 0.0147. The molecular weight excluding hydrogens is 275 g/mol. The fourth-order valence-electron chi connectivity index (χ4n) is 1.59. The van der Waals surface area contributed by atoms with E-state index in [0.29, 0.717) is 0 Å². The van der Waals surface area contributed by atoms with Crippen LogP contribution in [0.3, 0.4) is 0 Å². The van der Waals surface area contributed by atoms with Gasteiger partial charge in [-0.3, -0.25) is 0 Å².